The fourth-order valence-corrected chi connectivity index (χ4v) is 2.32. The molecule has 0 spiro atoms. The summed E-state index contributed by atoms with van der Waals surface area (Å²) < 4.78 is 27.5. The molecule has 0 bridgehead atoms. The molecule has 0 fully saturated rings. The van der Waals surface area contributed by atoms with Crippen LogP contribution in [0.4, 0.5) is 5.82 Å². The van der Waals surface area contributed by atoms with E-state index < -0.39 is 16.0 Å². The molecule has 0 aliphatic rings. The van der Waals surface area contributed by atoms with Gasteiger partial charge in [-0.25, -0.2) is 14.8 Å². The first-order chi connectivity index (χ1) is 8.88. The van der Waals surface area contributed by atoms with Crippen molar-refractivity contribution in [3.8, 4) is 0 Å². The molecule has 2 aromatic heterocycles. The van der Waals surface area contributed by atoms with Gasteiger partial charge < -0.3 is 9.67 Å². The summed E-state index contributed by atoms with van der Waals surface area (Å²) in [6, 6.07) is 2.39. The molecule has 2 aromatic rings. The lowest BCUT2D eigenvalue weighted by Gasteiger charge is -2.05. The zero-order valence-corrected chi connectivity index (χ0v) is 10.6. The summed E-state index contributed by atoms with van der Waals surface area (Å²) in [7, 11) is -2.24. The van der Waals surface area contributed by atoms with Crippen LogP contribution < -0.4 is 4.72 Å². The highest BCUT2D eigenvalue weighted by molar-refractivity contribution is 7.92. The molecule has 0 aromatic carbocycles. The van der Waals surface area contributed by atoms with Crippen molar-refractivity contribution < 1.29 is 18.3 Å². The van der Waals surface area contributed by atoms with Crippen LogP contribution in [-0.4, -0.2) is 34.0 Å². The van der Waals surface area contributed by atoms with Gasteiger partial charge in [0.05, 0.1) is 11.9 Å². The van der Waals surface area contributed by atoms with Crippen LogP contribution in [0.25, 0.3) is 0 Å². The van der Waals surface area contributed by atoms with E-state index in [-0.39, 0.29) is 16.4 Å². The molecular weight excluding hydrogens is 272 g/mol. The van der Waals surface area contributed by atoms with Crippen molar-refractivity contribution in [2.24, 2.45) is 7.05 Å². The Morgan fingerprint density at radius 2 is 2.16 bits per heavy atom. The second kappa shape index (κ2) is 4.69. The Bertz CT molecular complexity index is 723. The zero-order valence-electron chi connectivity index (χ0n) is 9.81. The van der Waals surface area contributed by atoms with Crippen molar-refractivity contribution in [1.82, 2.24) is 14.5 Å². The number of hydrogen-bond acceptors (Lipinski definition) is 5. The van der Waals surface area contributed by atoms with E-state index in [1.54, 1.807) is 7.05 Å². The monoisotopic (exact) mass is 282 g/mol. The summed E-state index contributed by atoms with van der Waals surface area (Å²) in [6.07, 6.45) is 3.87. The maximum atomic E-state index is 11.9. The Hall–Kier alpha value is -2.42. The molecule has 8 nitrogen and oxygen atoms in total. The molecule has 0 unspecified atom stereocenters. The van der Waals surface area contributed by atoms with E-state index in [2.05, 4.69) is 14.7 Å². The number of carbonyl (C=O) groups is 1. The smallest absolute Gasteiger partial charge is 0.335 e. The number of nitrogens with one attached hydrogen (secondary N) is 1. The largest absolute Gasteiger partial charge is 0.478 e. The van der Waals surface area contributed by atoms with Crippen LogP contribution >= 0.6 is 0 Å². The standard InChI is InChI=1S/C10H10N4O4S/c1-14-5-9(12-6-14)19(17,18)13-8-4-7(10(15)16)2-3-11-8/h2-6H,1H3,(H,11,13)(H,15,16). The number of sulfonamides is 1. The van der Waals surface area contributed by atoms with Gasteiger partial charge in [0, 0.05) is 19.4 Å². The van der Waals surface area contributed by atoms with Crippen molar-refractivity contribution in [3.05, 3.63) is 36.4 Å². The molecule has 0 saturated carbocycles. The van der Waals surface area contributed by atoms with Gasteiger partial charge in [0.1, 0.15) is 5.82 Å². The zero-order chi connectivity index (χ0) is 14.0. The van der Waals surface area contributed by atoms with Crippen molar-refractivity contribution in [2.45, 2.75) is 5.03 Å². The van der Waals surface area contributed by atoms with E-state index in [4.69, 9.17) is 5.11 Å². The van der Waals surface area contributed by atoms with Gasteiger partial charge in [-0.3, -0.25) is 4.72 Å². The predicted molar refractivity (Wildman–Crippen MR) is 65.2 cm³/mol. The fourth-order valence-electron chi connectivity index (χ4n) is 1.34. The van der Waals surface area contributed by atoms with E-state index in [1.165, 1.54) is 29.4 Å². The van der Waals surface area contributed by atoms with Crippen LogP contribution in [0.15, 0.2) is 35.9 Å². The van der Waals surface area contributed by atoms with E-state index in [9.17, 15) is 13.2 Å². The van der Waals surface area contributed by atoms with Gasteiger partial charge in [-0.2, -0.15) is 8.42 Å². The number of nitrogens with zero attached hydrogens (tertiary/aromatic N) is 3. The minimum atomic E-state index is -3.87. The summed E-state index contributed by atoms with van der Waals surface area (Å²) in [5.41, 5.74) is -0.0614. The van der Waals surface area contributed by atoms with Gasteiger partial charge in [-0.15, -0.1) is 0 Å². The number of anilines is 1. The molecule has 2 N–H and O–H groups in total. The normalized spacial score (nSPS) is 11.2. The Morgan fingerprint density at radius 3 is 2.74 bits per heavy atom. The molecule has 2 rings (SSSR count). The summed E-state index contributed by atoms with van der Waals surface area (Å²) in [4.78, 5) is 18.2. The first kappa shape index (κ1) is 13.0. The number of aromatic nitrogens is 3. The average Bonchev–Trinajstić information content (AvgIpc) is 2.76. The van der Waals surface area contributed by atoms with Gasteiger partial charge in [-0.05, 0) is 12.1 Å². The van der Waals surface area contributed by atoms with Gasteiger partial charge in [0.2, 0.25) is 0 Å². The molecule has 0 saturated heterocycles. The number of carboxylic acids is 1. The number of pyridine rings is 1. The van der Waals surface area contributed by atoms with E-state index in [1.807, 2.05) is 0 Å². The first-order valence-corrected chi connectivity index (χ1v) is 6.57. The number of imidazole rings is 1. The van der Waals surface area contributed by atoms with E-state index in [0.29, 0.717) is 0 Å². The summed E-state index contributed by atoms with van der Waals surface area (Å²) in [6.45, 7) is 0. The Balaban J connectivity index is 2.30. The van der Waals surface area contributed by atoms with Crippen LogP contribution in [0.3, 0.4) is 0 Å². The van der Waals surface area contributed by atoms with Crippen LogP contribution in [0.2, 0.25) is 0 Å². The van der Waals surface area contributed by atoms with Gasteiger partial charge in [-0.1, -0.05) is 0 Å². The Labute approximate surface area is 108 Å². The highest BCUT2D eigenvalue weighted by Gasteiger charge is 2.18. The molecule has 0 amide bonds. The molecule has 100 valence electrons. The van der Waals surface area contributed by atoms with Gasteiger partial charge in [0.25, 0.3) is 10.0 Å². The molecule has 9 heteroatoms. The lowest BCUT2D eigenvalue weighted by molar-refractivity contribution is 0.0697. The predicted octanol–water partition coefficient (Wildman–Crippen LogP) is 0.314. The minimum absolute atomic E-state index is 0.0614. The SMILES string of the molecule is Cn1cnc(S(=O)(=O)Nc2cc(C(=O)O)ccn2)c1. The highest BCUT2D eigenvalue weighted by Crippen LogP contribution is 2.13. The molecule has 0 aliphatic heterocycles. The summed E-state index contributed by atoms with van der Waals surface area (Å²) in [5.74, 6) is -1.24. The van der Waals surface area contributed by atoms with Crippen molar-refractivity contribution in [3.63, 3.8) is 0 Å². The lowest BCUT2D eigenvalue weighted by atomic mass is 10.3. The number of rotatable bonds is 4. The Kier molecular flexibility index (Phi) is 3.21. The quantitative estimate of drug-likeness (QED) is 0.834. The summed E-state index contributed by atoms with van der Waals surface area (Å²) >= 11 is 0. The molecule has 0 aliphatic carbocycles. The van der Waals surface area contributed by atoms with Gasteiger partial charge in [0.15, 0.2) is 5.03 Å². The molecule has 0 radical (unpaired) electrons. The van der Waals surface area contributed by atoms with E-state index >= 15 is 0 Å². The average molecular weight is 282 g/mol. The number of carboxylic acid groups (broad SMARTS) is 1. The number of aryl methyl sites for hydroxylation is 1. The molecule has 19 heavy (non-hydrogen) atoms. The van der Waals surface area contributed by atoms with Crippen LogP contribution in [0, 0.1) is 0 Å². The van der Waals surface area contributed by atoms with Gasteiger partial charge >= 0.3 is 5.97 Å². The van der Waals surface area contributed by atoms with Crippen molar-refractivity contribution in [2.75, 3.05) is 4.72 Å². The topological polar surface area (TPSA) is 114 Å². The van der Waals surface area contributed by atoms with Crippen LogP contribution in [0.1, 0.15) is 10.4 Å². The molecule has 0 atom stereocenters. The second-order valence-electron chi connectivity index (χ2n) is 3.72. The van der Waals surface area contributed by atoms with Crippen LogP contribution in [-0.2, 0) is 17.1 Å². The fraction of sp³-hybridized carbons (Fsp3) is 0.100. The lowest BCUT2D eigenvalue weighted by Crippen LogP contribution is -2.14. The summed E-state index contributed by atoms with van der Waals surface area (Å²) in [5, 5.41) is 8.64. The maximum absolute atomic E-state index is 11.9. The third-order valence-corrected chi connectivity index (χ3v) is 3.44. The van der Waals surface area contributed by atoms with Crippen molar-refractivity contribution >= 4 is 21.8 Å². The molecule has 2 heterocycles. The first-order valence-electron chi connectivity index (χ1n) is 5.08. The Morgan fingerprint density at radius 1 is 1.42 bits per heavy atom. The van der Waals surface area contributed by atoms with Crippen molar-refractivity contribution in [1.29, 1.82) is 0 Å². The number of hydrogen-bond donors (Lipinski definition) is 2. The maximum Gasteiger partial charge on any atom is 0.335 e. The van der Waals surface area contributed by atoms with Crippen LogP contribution in [0.5, 0.6) is 0 Å². The minimum Gasteiger partial charge on any atom is -0.478 e. The number of aromatic carboxylic acids is 1. The third-order valence-electron chi connectivity index (χ3n) is 2.20. The highest BCUT2D eigenvalue weighted by atomic mass is 32.2. The third kappa shape index (κ3) is 2.88. The molecular formula is C10H10N4O4S. The van der Waals surface area contributed by atoms with E-state index in [0.717, 1.165) is 6.07 Å². The second-order valence-corrected chi connectivity index (χ2v) is 5.35.